The van der Waals surface area contributed by atoms with Gasteiger partial charge in [0.05, 0.1) is 7.11 Å². The average Bonchev–Trinajstić information content (AvgIpc) is 2.99. The summed E-state index contributed by atoms with van der Waals surface area (Å²) in [6.45, 7) is -0.955. The van der Waals surface area contributed by atoms with Crippen molar-refractivity contribution in [2.45, 2.75) is 33.0 Å². The number of carbonyl (C=O) groups is 1. The van der Waals surface area contributed by atoms with E-state index in [1.165, 1.54) is 36.1 Å². The smallest absolute Gasteiger partial charge is 0.387 e. The number of nitrogens with zero attached hydrogens (tertiary/aromatic N) is 3. The number of hydrogen-bond acceptors (Lipinski definition) is 6. The first kappa shape index (κ1) is 20.1. The Labute approximate surface area is 153 Å². The Bertz CT molecular complexity index is 825. The molecule has 2 aromatic rings. The standard InChI is InChI=1S/C16H18F2N4O5/c1-10-20-14(22(24)25)9-21(10)6-5-15(23)19-8-11-3-4-12(27-16(17)18)13(7-11)26-2/h3-4,7,9,16H,5-6,8H2,1-2H3,(H,19,23). The van der Waals surface area contributed by atoms with E-state index in [0.29, 0.717) is 11.4 Å². The molecule has 0 aliphatic carbocycles. The van der Waals surface area contributed by atoms with Crippen molar-refractivity contribution in [1.82, 2.24) is 14.9 Å². The van der Waals surface area contributed by atoms with Crippen molar-refractivity contribution in [3.8, 4) is 11.5 Å². The molecule has 1 N–H and O–H groups in total. The van der Waals surface area contributed by atoms with Gasteiger partial charge in [-0.1, -0.05) is 6.07 Å². The van der Waals surface area contributed by atoms with Crippen molar-refractivity contribution in [1.29, 1.82) is 0 Å². The summed E-state index contributed by atoms with van der Waals surface area (Å²) in [5.41, 5.74) is 0.635. The molecule has 2 rings (SSSR count). The quantitative estimate of drug-likeness (QED) is 0.525. The molecule has 0 aliphatic heterocycles. The molecule has 0 fully saturated rings. The lowest BCUT2D eigenvalue weighted by molar-refractivity contribution is -0.389. The lowest BCUT2D eigenvalue weighted by atomic mass is 10.2. The monoisotopic (exact) mass is 384 g/mol. The molecule has 0 atom stereocenters. The number of amides is 1. The molecular formula is C16H18F2N4O5. The molecule has 1 aromatic heterocycles. The third-order valence-corrected chi connectivity index (χ3v) is 3.66. The molecule has 146 valence electrons. The van der Waals surface area contributed by atoms with E-state index < -0.39 is 11.5 Å². The number of benzene rings is 1. The minimum Gasteiger partial charge on any atom is -0.493 e. The number of hydrogen-bond donors (Lipinski definition) is 1. The van der Waals surface area contributed by atoms with Crippen molar-refractivity contribution in [3.05, 3.63) is 45.9 Å². The molecular weight excluding hydrogens is 366 g/mol. The average molecular weight is 384 g/mol. The van der Waals surface area contributed by atoms with Gasteiger partial charge >= 0.3 is 12.4 Å². The van der Waals surface area contributed by atoms with Gasteiger partial charge in [0.2, 0.25) is 11.7 Å². The van der Waals surface area contributed by atoms with Gasteiger partial charge in [0.25, 0.3) is 0 Å². The fourth-order valence-electron chi connectivity index (χ4n) is 2.33. The summed E-state index contributed by atoms with van der Waals surface area (Å²) < 4.78 is 35.5. The van der Waals surface area contributed by atoms with E-state index >= 15 is 0 Å². The summed E-state index contributed by atoms with van der Waals surface area (Å²) in [4.78, 5) is 25.8. The van der Waals surface area contributed by atoms with Gasteiger partial charge in [0.1, 0.15) is 6.20 Å². The van der Waals surface area contributed by atoms with Crippen molar-refractivity contribution in [3.63, 3.8) is 0 Å². The SMILES string of the molecule is COc1cc(CNC(=O)CCn2cc([N+](=O)[O-])nc2C)ccc1OC(F)F. The van der Waals surface area contributed by atoms with Gasteiger partial charge in [-0.3, -0.25) is 4.79 Å². The van der Waals surface area contributed by atoms with Gasteiger partial charge in [-0.15, -0.1) is 0 Å². The molecule has 1 heterocycles. The molecule has 0 spiro atoms. The normalized spacial score (nSPS) is 10.7. The number of halogens is 2. The van der Waals surface area contributed by atoms with Crippen molar-refractivity contribution >= 4 is 11.7 Å². The summed E-state index contributed by atoms with van der Waals surface area (Å²) in [5, 5.41) is 13.4. The summed E-state index contributed by atoms with van der Waals surface area (Å²) in [6, 6.07) is 4.35. The second kappa shape index (κ2) is 8.92. The number of aryl methyl sites for hydroxylation is 2. The fraction of sp³-hybridized carbons (Fsp3) is 0.375. The zero-order valence-electron chi connectivity index (χ0n) is 14.6. The van der Waals surface area contributed by atoms with E-state index in [4.69, 9.17) is 4.74 Å². The van der Waals surface area contributed by atoms with Crippen LogP contribution in [0.2, 0.25) is 0 Å². The molecule has 0 radical (unpaired) electrons. The molecule has 27 heavy (non-hydrogen) atoms. The highest BCUT2D eigenvalue weighted by Gasteiger charge is 2.16. The molecule has 1 aromatic carbocycles. The molecule has 0 saturated carbocycles. The molecule has 1 amide bonds. The van der Waals surface area contributed by atoms with Gasteiger partial charge in [-0.2, -0.15) is 8.78 Å². The molecule has 0 bridgehead atoms. The molecule has 0 saturated heterocycles. The molecule has 9 nitrogen and oxygen atoms in total. The van der Waals surface area contributed by atoms with Crippen LogP contribution in [0.25, 0.3) is 0 Å². The number of ether oxygens (including phenoxy) is 2. The van der Waals surface area contributed by atoms with Crippen molar-refractivity contribution < 1.29 is 28.0 Å². The van der Waals surface area contributed by atoms with Gasteiger partial charge in [-0.05, 0) is 27.6 Å². The topological polar surface area (TPSA) is 109 Å². The van der Waals surface area contributed by atoms with Gasteiger partial charge in [0.15, 0.2) is 11.5 Å². The summed E-state index contributed by atoms with van der Waals surface area (Å²) >= 11 is 0. The van der Waals surface area contributed by atoms with E-state index in [1.807, 2.05) is 0 Å². The maximum Gasteiger partial charge on any atom is 0.387 e. The number of carbonyl (C=O) groups excluding carboxylic acids is 1. The number of aromatic nitrogens is 2. The lowest BCUT2D eigenvalue weighted by Gasteiger charge is -2.12. The number of methoxy groups -OCH3 is 1. The molecule has 11 heteroatoms. The van der Waals surface area contributed by atoms with Crippen LogP contribution in [0, 0.1) is 17.0 Å². The summed E-state index contributed by atoms with van der Waals surface area (Å²) in [7, 11) is 1.32. The van der Waals surface area contributed by atoms with Gasteiger partial charge in [0, 0.05) is 26.4 Å². The molecule has 0 unspecified atom stereocenters. The van der Waals surface area contributed by atoms with E-state index in [1.54, 1.807) is 6.92 Å². The number of nitro groups is 1. The van der Waals surface area contributed by atoms with Crippen molar-refractivity contribution in [2.75, 3.05) is 7.11 Å². The Balaban J connectivity index is 1.89. The number of rotatable bonds is 9. The van der Waals surface area contributed by atoms with E-state index in [-0.39, 0.29) is 42.7 Å². The van der Waals surface area contributed by atoms with Crippen LogP contribution in [0.4, 0.5) is 14.6 Å². The first-order chi connectivity index (χ1) is 12.8. The Hall–Kier alpha value is -3.24. The Morgan fingerprint density at radius 3 is 2.74 bits per heavy atom. The minimum absolute atomic E-state index is 0.0953. The predicted molar refractivity (Wildman–Crippen MR) is 89.7 cm³/mol. The summed E-state index contributed by atoms with van der Waals surface area (Å²) in [5.74, 6) is -0.0826. The van der Waals surface area contributed by atoms with E-state index in [0.717, 1.165) is 0 Å². The minimum atomic E-state index is -2.97. The van der Waals surface area contributed by atoms with Crippen LogP contribution in [-0.2, 0) is 17.9 Å². The highest BCUT2D eigenvalue weighted by atomic mass is 19.3. The van der Waals surface area contributed by atoms with Crippen LogP contribution in [0.3, 0.4) is 0 Å². The van der Waals surface area contributed by atoms with E-state index in [9.17, 15) is 23.7 Å². The first-order valence-corrected chi connectivity index (χ1v) is 7.86. The first-order valence-electron chi connectivity index (χ1n) is 7.86. The molecule has 0 aliphatic rings. The Kier molecular flexibility index (Phi) is 6.63. The largest absolute Gasteiger partial charge is 0.493 e. The number of alkyl halides is 2. The maximum absolute atomic E-state index is 12.3. The highest BCUT2D eigenvalue weighted by molar-refractivity contribution is 5.75. The van der Waals surface area contributed by atoms with Crippen LogP contribution >= 0.6 is 0 Å². The Morgan fingerprint density at radius 1 is 1.41 bits per heavy atom. The Morgan fingerprint density at radius 2 is 2.15 bits per heavy atom. The van der Waals surface area contributed by atoms with Crippen LogP contribution in [-0.4, -0.2) is 34.1 Å². The van der Waals surface area contributed by atoms with Gasteiger partial charge < -0.3 is 29.5 Å². The van der Waals surface area contributed by atoms with Crippen molar-refractivity contribution in [2.24, 2.45) is 0 Å². The third-order valence-electron chi connectivity index (χ3n) is 3.66. The van der Waals surface area contributed by atoms with Gasteiger partial charge in [-0.25, -0.2) is 0 Å². The highest BCUT2D eigenvalue weighted by Crippen LogP contribution is 2.29. The summed E-state index contributed by atoms with van der Waals surface area (Å²) in [6.07, 6.45) is 1.37. The predicted octanol–water partition coefficient (Wildman–Crippen LogP) is 2.42. The van der Waals surface area contributed by atoms with Crippen LogP contribution in [0.1, 0.15) is 17.8 Å². The zero-order valence-corrected chi connectivity index (χ0v) is 14.6. The second-order valence-electron chi connectivity index (χ2n) is 5.49. The number of imidazole rings is 1. The second-order valence-corrected chi connectivity index (χ2v) is 5.49. The van der Waals surface area contributed by atoms with Crippen LogP contribution < -0.4 is 14.8 Å². The zero-order chi connectivity index (χ0) is 20.0. The van der Waals surface area contributed by atoms with Crippen LogP contribution in [0.15, 0.2) is 24.4 Å². The number of nitrogens with one attached hydrogen (secondary N) is 1. The third kappa shape index (κ3) is 5.62. The van der Waals surface area contributed by atoms with E-state index in [2.05, 4.69) is 15.0 Å². The maximum atomic E-state index is 12.3. The fourth-order valence-corrected chi connectivity index (χ4v) is 2.33. The van der Waals surface area contributed by atoms with Crippen LogP contribution in [0.5, 0.6) is 11.5 Å². The lowest BCUT2D eigenvalue weighted by Crippen LogP contribution is -2.24.